The number of methoxy groups -OCH3 is 2. The van der Waals surface area contributed by atoms with Gasteiger partial charge in [-0.15, -0.1) is 0 Å². The molecule has 1 N–H and O–H groups in total. The first-order valence-electron chi connectivity index (χ1n) is 6.35. The molecule has 0 unspecified atom stereocenters. The van der Waals surface area contributed by atoms with Gasteiger partial charge in [0.25, 0.3) is 5.91 Å². The summed E-state index contributed by atoms with van der Waals surface area (Å²) in [7, 11) is 3.15. The van der Waals surface area contributed by atoms with Gasteiger partial charge >= 0.3 is 0 Å². The lowest BCUT2D eigenvalue weighted by molar-refractivity contribution is -0.125. The minimum Gasteiger partial charge on any atom is -0.497 e. The quantitative estimate of drug-likeness (QED) is 0.580. The van der Waals surface area contributed by atoms with Crippen LogP contribution in [0, 0.1) is 0 Å². The second-order valence-electron chi connectivity index (χ2n) is 3.97. The summed E-state index contributed by atoms with van der Waals surface area (Å²) in [6, 6.07) is 5.33. The van der Waals surface area contributed by atoms with Crippen LogP contribution >= 0.6 is 0 Å². The van der Waals surface area contributed by atoms with E-state index in [0.717, 1.165) is 6.42 Å². The van der Waals surface area contributed by atoms with Crippen molar-refractivity contribution in [2.45, 2.75) is 13.3 Å². The molecule has 1 rings (SSSR count). The summed E-state index contributed by atoms with van der Waals surface area (Å²) in [6.45, 7) is 2.51. The fraction of sp³-hybridized carbons (Fsp3) is 0.429. The van der Waals surface area contributed by atoms with Crippen LogP contribution in [0.25, 0.3) is 0 Å². The molecule has 20 heavy (non-hydrogen) atoms. The van der Waals surface area contributed by atoms with Crippen LogP contribution in [0.15, 0.2) is 23.4 Å². The molecule has 0 aliphatic heterocycles. The Kier molecular flexibility index (Phi) is 6.95. The highest BCUT2D eigenvalue weighted by molar-refractivity contribution is 5.84. The van der Waals surface area contributed by atoms with Crippen molar-refractivity contribution in [3.63, 3.8) is 0 Å². The van der Waals surface area contributed by atoms with Gasteiger partial charge in [0.2, 0.25) is 0 Å². The number of hydrogen-bond acceptors (Lipinski definition) is 5. The van der Waals surface area contributed by atoms with Crippen molar-refractivity contribution < 1.29 is 19.1 Å². The van der Waals surface area contributed by atoms with E-state index in [4.69, 9.17) is 14.3 Å². The molecule has 0 fully saturated rings. The average Bonchev–Trinajstić information content (AvgIpc) is 2.49. The van der Waals surface area contributed by atoms with Gasteiger partial charge in [0, 0.05) is 12.1 Å². The van der Waals surface area contributed by atoms with Crippen molar-refractivity contribution in [2.24, 2.45) is 5.16 Å². The van der Waals surface area contributed by atoms with Gasteiger partial charge in [0.15, 0.2) is 6.61 Å². The standard InChI is InChI=1S/C14H20N2O4/c1-4-7-15-14(17)10-20-16-9-11-8-12(18-2)5-6-13(11)19-3/h5-6,8-9H,4,7,10H2,1-3H3,(H,15,17)/b16-9-. The number of rotatable bonds is 8. The van der Waals surface area contributed by atoms with E-state index in [1.165, 1.54) is 6.21 Å². The van der Waals surface area contributed by atoms with Crippen LogP contribution in [0.2, 0.25) is 0 Å². The molecule has 6 heteroatoms. The van der Waals surface area contributed by atoms with Crippen LogP contribution in [-0.4, -0.2) is 39.5 Å². The Hall–Kier alpha value is -2.24. The summed E-state index contributed by atoms with van der Waals surface area (Å²) >= 11 is 0. The van der Waals surface area contributed by atoms with Crippen LogP contribution in [0.3, 0.4) is 0 Å². The molecule has 0 heterocycles. The minimum absolute atomic E-state index is 0.108. The summed E-state index contributed by atoms with van der Waals surface area (Å²) in [5.41, 5.74) is 0.709. The van der Waals surface area contributed by atoms with Gasteiger partial charge in [-0.2, -0.15) is 0 Å². The Balaban J connectivity index is 2.54. The Morgan fingerprint density at radius 2 is 2.15 bits per heavy atom. The van der Waals surface area contributed by atoms with Gasteiger partial charge in [-0.3, -0.25) is 4.79 Å². The number of carbonyl (C=O) groups is 1. The molecule has 0 aliphatic rings. The van der Waals surface area contributed by atoms with Gasteiger partial charge in [0.1, 0.15) is 11.5 Å². The predicted octanol–water partition coefficient (Wildman–Crippen LogP) is 1.58. The zero-order valence-electron chi connectivity index (χ0n) is 12.0. The number of carbonyl (C=O) groups excluding carboxylic acids is 1. The Labute approximate surface area is 118 Å². The number of nitrogens with zero attached hydrogens (tertiary/aromatic N) is 1. The second-order valence-corrected chi connectivity index (χ2v) is 3.97. The molecule has 0 aliphatic carbocycles. The highest BCUT2D eigenvalue weighted by Gasteiger charge is 2.03. The van der Waals surface area contributed by atoms with Gasteiger partial charge in [-0.25, -0.2) is 0 Å². The summed E-state index contributed by atoms with van der Waals surface area (Å²) < 4.78 is 10.3. The van der Waals surface area contributed by atoms with Crippen molar-refractivity contribution in [1.29, 1.82) is 0 Å². The van der Waals surface area contributed by atoms with Crippen molar-refractivity contribution in [3.8, 4) is 11.5 Å². The van der Waals surface area contributed by atoms with E-state index in [2.05, 4.69) is 10.5 Å². The lowest BCUT2D eigenvalue weighted by Crippen LogP contribution is -2.27. The first-order chi connectivity index (χ1) is 9.71. The van der Waals surface area contributed by atoms with E-state index < -0.39 is 0 Å². The molecule has 0 spiro atoms. The molecule has 6 nitrogen and oxygen atoms in total. The van der Waals surface area contributed by atoms with E-state index in [1.54, 1.807) is 32.4 Å². The van der Waals surface area contributed by atoms with E-state index in [9.17, 15) is 4.79 Å². The monoisotopic (exact) mass is 280 g/mol. The van der Waals surface area contributed by atoms with E-state index >= 15 is 0 Å². The molecule has 0 saturated heterocycles. The van der Waals surface area contributed by atoms with E-state index in [-0.39, 0.29) is 12.5 Å². The molecule has 0 radical (unpaired) electrons. The van der Waals surface area contributed by atoms with Crippen LogP contribution in [0.4, 0.5) is 0 Å². The number of ether oxygens (including phenoxy) is 2. The lowest BCUT2D eigenvalue weighted by Gasteiger charge is -2.06. The molecule has 0 bridgehead atoms. The highest BCUT2D eigenvalue weighted by atomic mass is 16.6. The molecule has 0 atom stereocenters. The molecule has 1 aromatic carbocycles. The maximum Gasteiger partial charge on any atom is 0.260 e. The Bertz CT molecular complexity index is 460. The molecule has 0 aromatic heterocycles. The number of nitrogens with one attached hydrogen (secondary N) is 1. The number of amides is 1. The maximum atomic E-state index is 11.3. The fourth-order valence-electron chi connectivity index (χ4n) is 1.45. The third-order valence-corrected chi connectivity index (χ3v) is 2.47. The van der Waals surface area contributed by atoms with Crippen LogP contribution in [0.5, 0.6) is 11.5 Å². The van der Waals surface area contributed by atoms with Gasteiger partial charge in [0.05, 0.1) is 20.4 Å². The maximum absolute atomic E-state index is 11.3. The Morgan fingerprint density at radius 3 is 2.80 bits per heavy atom. The normalized spacial score (nSPS) is 10.3. The van der Waals surface area contributed by atoms with E-state index in [0.29, 0.717) is 23.6 Å². The molecule has 1 aromatic rings. The molecule has 110 valence electrons. The first-order valence-corrected chi connectivity index (χ1v) is 6.35. The first kappa shape index (κ1) is 15.8. The van der Waals surface area contributed by atoms with Gasteiger partial charge in [-0.1, -0.05) is 12.1 Å². The number of oxime groups is 1. The van der Waals surface area contributed by atoms with Crippen LogP contribution in [0.1, 0.15) is 18.9 Å². The third kappa shape index (κ3) is 5.17. The highest BCUT2D eigenvalue weighted by Crippen LogP contribution is 2.22. The lowest BCUT2D eigenvalue weighted by atomic mass is 10.2. The zero-order chi connectivity index (χ0) is 14.8. The topological polar surface area (TPSA) is 69.2 Å². The van der Waals surface area contributed by atoms with Crippen molar-refractivity contribution in [1.82, 2.24) is 5.32 Å². The third-order valence-electron chi connectivity index (χ3n) is 2.47. The minimum atomic E-state index is -0.193. The molecular formula is C14H20N2O4. The summed E-state index contributed by atoms with van der Waals surface area (Å²) in [5, 5.41) is 6.44. The second kappa shape index (κ2) is 8.79. The van der Waals surface area contributed by atoms with Gasteiger partial charge in [-0.05, 0) is 24.6 Å². The van der Waals surface area contributed by atoms with Crippen LogP contribution in [-0.2, 0) is 9.63 Å². The SMILES string of the molecule is CCCNC(=O)CO/N=C\c1cc(OC)ccc1OC. The van der Waals surface area contributed by atoms with Crippen molar-refractivity contribution in [3.05, 3.63) is 23.8 Å². The molecular weight excluding hydrogens is 260 g/mol. The number of hydrogen-bond donors (Lipinski definition) is 1. The van der Waals surface area contributed by atoms with Crippen LogP contribution < -0.4 is 14.8 Å². The van der Waals surface area contributed by atoms with Gasteiger partial charge < -0.3 is 19.6 Å². The predicted molar refractivity (Wildman–Crippen MR) is 76.4 cm³/mol. The van der Waals surface area contributed by atoms with Crippen molar-refractivity contribution in [2.75, 3.05) is 27.4 Å². The summed E-state index contributed by atoms with van der Waals surface area (Å²) in [6.07, 6.45) is 2.37. The fourth-order valence-corrected chi connectivity index (χ4v) is 1.45. The zero-order valence-corrected chi connectivity index (χ0v) is 12.0. The Morgan fingerprint density at radius 1 is 1.35 bits per heavy atom. The summed E-state index contributed by atoms with van der Waals surface area (Å²) in [5.74, 6) is 1.14. The number of benzene rings is 1. The molecule has 0 saturated carbocycles. The average molecular weight is 280 g/mol. The molecule has 1 amide bonds. The summed E-state index contributed by atoms with van der Waals surface area (Å²) in [4.78, 5) is 16.2. The smallest absolute Gasteiger partial charge is 0.260 e. The largest absolute Gasteiger partial charge is 0.497 e. The van der Waals surface area contributed by atoms with E-state index in [1.807, 2.05) is 6.92 Å². The van der Waals surface area contributed by atoms with Crippen molar-refractivity contribution >= 4 is 12.1 Å².